The SMILES string of the molecule is CCCCCCCCCCCCCCCCCn1cc[n+](CCCCC)c1CCCCCCCCCCCCCCCC. The minimum Gasteiger partial charge on any atom is -0.234 e. The molecule has 0 spiro atoms. The van der Waals surface area contributed by atoms with Gasteiger partial charge in [-0.25, -0.2) is 9.13 Å². The molecule has 0 unspecified atom stereocenters. The van der Waals surface area contributed by atoms with Crippen LogP contribution < -0.4 is 4.57 Å². The molecule has 0 amide bonds. The van der Waals surface area contributed by atoms with Crippen LogP contribution in [-0.2, 0) is 19.5 Å². The Bertz CT molecular complexity index is 663. The van der Waals surface area contributed by atoms with Crippen molar-refractivity contribution in [2.45, 2.75) is 246 Å². The molecular formula is C41H81N2+. The van der Waals surface area contributed by atoms with E-state index in [9.17, 15) is 0 Å². The molecule has 0 aromatic carbocycles. The van der Waals surface area contributed by atoms with Gasteiger partial charge in [-0.05, 0) is 32.1 Å². The van der Waals surface area contributed by atoms with Crippen LogP contribution in [0, 0.1) is 0 Å². The topological polar surface area (TPSA) is 8.81 Å². The molecule has 0 radical (unpaired) electrons. The van der Waals surface area contributed by atoms with E-state index in [1.807, 2.05) is 0 Å². The van der Waals surface area contributed by atoms with Gasteiger partial charge in [-0.1, -0.05) is 194 Å². The molecule has 1 heterocycles. The van der Waals surface area contributed by atoms with Crippen molar-refractivity contribution in [3.05, 3.63) is 18.2 Å². The number of hydrogen-bond acceptors (Lipinski definition) is 0. The van der Waals surface area contributed by atoms with Gasteiger partial charge in [-0.2, -0.15) is 0 Å². The largest absolute Gasteiger partial charge is 0.256 e. The van der Waals surface area contributed by atoms with Gasteiger partial charge in [0.15, 0.2) is 0 Å². The quantitative estimate of drug-likeness (QED) is 0.0540. The Balaban J connectivity index is 2.12. The summed E-state index contributed by atoms with van der Waals surface area (Å²) in [6.45, 7) is 9.39. The van der Waals surface area contributed by atoms with E-state index in [0.29, 0.717) is 0 Å². The van der Waals surface area contributed by atoms with E-state index < -0.39 is 0 Å². The van der Waals surface area contributed by atoms with Crippen LogP contribution in [0.4, 0.5) is 0 Å². The van der Waals surface area contributed by atoms with Gasteiger partial charge in [0, 0.05) is 6.42 Å². The fourth-order valence-corrected chi connectivity index (χ4v) is 6.86. The standard InChI is InChI=1S/C41H81N2/c1-4-7-10-12-14-16-18-20-22-24-26-28-30-32-35-38-43-40-39-42(37-34-9-6-3)41(43)36-33-31-29-27-25-23-21-19-17-15-13-11-8-5-2/h39-40H,4-38H2,1-3H3/q+1. The number of aryl methyl sites for hydroxylation is 2. The van der Waals surface area contributed by atoms with Crippen LogP contribution in [-0.4, -0.2) is 4.57 Å². The highest BCUT2D eigenvalue weighted by Crippen LogP contribution is 2.16. The second-order valence-electron chi connectivity index (χ2n) is 14.1. The van der Waals surface area contributed by atoms with Crippen molar-refractivity contribution in [3.8, 4) is 0 Å². The van der Waals surface area contributed by atoms with Crippen LogP contribution in [0.3, 0.4) is 0 Å². The van der Waals surface area contributed by atoms with E-state index >= 15 is 0 Å². The summed E-state index contributed by atoms with van der Waals surface area (Å²) in [4.78, 5) is 0. The minimum absolute atomic E-state index is 1.22. The monoisotopic (exact) mass is 602 g/mol. The van der Waals surface area contributed by atoms with E-state index in [-0.39, 0.29) is 0 Å². The first-order chi connectivity index (χ1) is 21.3. The highest BCUT2D eigenvalue weighted by Gasteiger charge is 2.16. The maximum atomic E-state index is 2.62. The molecule has 43 heavy (non-hydrogen) atoms. The zero-order valence-corrected chi connectivity index (χ0v) is 30.3. The third kappa shape index (κ3) is 25.1. The van der Waals surface area contributed by atoms with Crippen molar-refractivity contribution in [1.82, 2.24) is 4.57 Å². The number of nitrogens with zero attached hydrogens (tertiary/aromatic N) is 2. The van der Waals surface area contributed by atoms with Gasteiger partial charge in [-0.3, -0.25) is 0 Å². The van der Waals surface area contributed by atoms with Gasteiger partial charge in [0.25, 0.3) is 5.82 Å². The van der Waals surface area contributed by atoms with E-state index in [2.05, 4.69) is 42.3 Å². The molecule has 1 rings (SSSR count). The number of imidazole rings is 1. The summed E-state index contributed by atoms with van der Waals surface area (Å²) in [5.41, 5.74) is 0. The van der Waals surface area contributed by atoms with Crippen LogP contribution in [0.5, 0.6) is 0 Å². The summed E-state index contributed by atoms with van der Waals surface area (Å²) in [5, 5.41) is 0. The van der Waals surface area contributed by atoms with Crippen LogP contribution in [0.1, 0.15) is 232 Å². The Morgan fingerprint density at radius 2 is 0.721 bits per heavy atom. The van der Waals surface area contributed by atoms with Crippen LogP contribution in [0.15, 0.2) is 12.4 Å². The Morgan fingerprint density at radius 1 is 0.395 bits per heavy atom. The zero-order valence-electron chi connectivity index (χ0n) is 30.3. The molecule has 0 aliphatic heterocycles. The molecule has 0 aliphatic carbocycles. The van der Waals surface area contributed by atoms with Crippen LogP contribution in [0.25, 0.3) is 0 Å². The summed E-state index contributed by atoms with van der Waals surface area (Å²) in [6.07, 6.45) is 51.9. The third-order valence-electron chi connectivity index (χ3n) is 9.85. The molecule has 0 saturated heterocycles. The van der Waals surface area contributed by atoms with Gasteiger partial charge >= 0.3 is 0 Å². The Hall–Kier alpha value is -0.790. The maximum Gasteiger partial charge on any atom is 0.256 e. The van der Waals surface area contributed by atoms with Crippen molar-refractivity contribution < 1.29 is 4.57 Å². The summed E-state index contributed by atoms with van der Waals surface area (Å²) < 4.78 is 5.22. The average molecular weight is 602 g/mol. The van der Waals surface area contributed by atoms with Gasteiger partial charge in [0.05, 0.1) is 13.1 Å². The van der Waals surface area contributed by atoms with E-state index in [1.165, 1.54) is 225 Å². The molecule has 1 aromatic rings. The highest BCUT2D eigenvalue weighted by molar-refractivity contribution is 4.84. The lowest BCUT2D eigenvalue weighted by atomic mass is 10.0. The van der Waals surface area contributed by atoms with Gasteiger partial charge in [-0.15, -0.1) is 0 Å². The van der Waals surface area contributed by atoms with Gasteiger partial charge in [0.1, 0.15) is 12.4 Å². The molecule has 0 atom stereocenters. The Morgan fingerprint density at radius 3 is 1.12 bits per heavy atom. The fraction of sp³-hybridized carbons (Fsp3) is 0.927. The predicted molar refractivity (Wildman–Crippen MR) is 193 cm³/mol. The number of unbranched alkanes of at least 4 members (excludes halogenated alkanes) is 29. The third-order valence-corrected chi connectivity index (χ3v) is 9.85. The average Bonchev–Trinajstić information content (AvgIpc) is 3.40. The zero-order chi connectivity index (χ0) is 30.9. The molecule has 254 valence electrons. The van der Waals surface area contributed by atoms with Crippen molar-refractivity contribution in [2.24, 2.45) is 0 Å². The van der Waals surface area contributed by atoms with Crippen molar-refractivity contribution in [1.29, 1.82) is 0 Å². The van der Waals surface area contributed by atoms with Crippen LogP contribution >= 0.6 is 0 Å². The Kier molecular flexibility index (Phi) is 30.5. The maximum absolute atomic E-state index is 2.62. The lowest BCUT2D eigenvalue weighted by molar-refractivity contribution is -0.704. The second-order valence-corrected chi connectivity index (χ2v) is 14.1. The Labute approximate surface area is 272 Å². The number of hydrogen-bond donors (Lipinski definition) is 0. The van der Waals surface area contributed by atoms with Crippen molar-refractivity contribution >= 4 is 0 Å². The van der Waals surface area contributed by atoms with Crippen LogP contribution in [0.2, 0.25) is 0 Å². The number of aromatic nitrogens is 2. The highest BCUT2D eigenvalue weighted by atomic mass is 15.1. The molecule has 0 bridgehead atoms. The minimum atomic E-state index is 1.22. The van der Waals surface area contributed by atoms with E-state index in [1.54, 1.807) is 5.82 Å². The molecule has 2 heteroatoms. The van der Waals surface area contributed by atoms with Gasteiger partial charge in [0.2, 0.25) is 0 Å². The van der Waals surface area contributed by atoms with Crippen molar-refractivity contribution in [3.63, 3.8) is 0 Å². The molecule has 0 N–H and O–H groups in total. The van der Waals surface area contributed by atoms with E-state index in [0.717, 1.165) is 0 Å². The molecule has 2 nitrogen and oxygen atoms in total. The first-order valence-electron chi connectivity index (χ1n) is 20.4. The van der Waals surface area contributed by atoms with Crippen molar-refractivity contribution in [2.75, 3.05) is 0 Å². The first-order valence-corrected chi connectivity index (χ1v) is 20.4. The second kappa shape index (κ2) is 32.6. The molecule has 1 aromatic heterocycles. The molecule has 0 saturated carbocycles. The summed E-state index contributed by atoms with van der Waals surface area (Å²) in [7, 11) is 0. The summed E-state index contributed by atoms with van der Waals surface area (Å²) >= 11 is 0. The molecule has 0 fully saturated rings. The molecular weight excluding hydrogens is 520 g/mol. The smallest absolute Gasteiger partial charge is 0.234 e. The molecule has 0 aliphatic rings. The van der Waals surface area contributed by atoms with Gasteiger partial charge < -0.3 is 0 Å². The lowest BCUT2D eigenvalue weighted by Crippen LogP contribution is -2.37. The van der Waals surface area contributed by atoms with E-state index in [4.69, 9.17) is 0 Å². The lowest BCUT2D eigenvalue weighted by Gasteiger charge is -2.07. The summed E-state index contributed by atoms with van der Waals surface area (Å²) in [5.74, 6) is 1.61. The summed E-state index contributed by atoms with van der Waals surface area (Å²) in [6, 6.07) is 0. The number of rotatable bonds is 35. The normalized spacial score (nSPS) is 11.6. The fourth-order valence-electron chi connectivity index (χ4n) is 6.86. The predicted octanol–water partition coefficient (Wildman–Crippen LogP) is 13.9. The first kappa shape index (κ1) is 40.2.